The summed E-state index contributed by atoms with van der Waals surface area (Å²) in [4.78, 5) is 124. The average Bonchev–Trinajstić information content (AvgIpc) is 1.65. The van der Waals surface area contributed by atoms with Gasteiger partial charge in [-0.15, -0.1) is 0 Å². The molecular weight excluding hydrogens is 1710 g/mol. The number of carbonyl (C=O) groups is 4. The summed E-state index contributed by atoms with van der Waals surface area (Å²) in [7, 11) is 0. The van der Waals surface area contributed by atoms with Gasteiger partial charge in [-0.3, -0.25) is 25.3 Å². The van der Waals surface area contributed by atoms with E-state index in [1.165, 1.54) is 5.56 Å². The Morgan fingerprint density at radius 3 is 1.15 bits per heavy atom. The molecule has 1 aromatic carbocycles. The zero-order valence-electron chi connectivity index (χ0n) is 68.6. The normalized spacial score (nSPS) is 16.4. The molecule has 5 saturated heterocycles. The number of nitrogens with one attached hydrogen (secondary N) is 6. The first-order valence-corrected chi connectivity index (χ1v) is 41.6. The van der Waals surface area contributed by atoms with Crippen molar-refractivity contribution in [1.82, 2.24) is 89.7 Å². The molecule has 10 aliphatic heterocycles. The van der Waals surface area contributed by atoms with Crippen molar-refractivity contribution in [3.8, 4) is 5.75 Å². The van der Waals surface area contributed by atoms with Crippen molar-refractivity contribution >= 4 is 123 Å². The number of benzene rings is 1. The van der Waals surface area contributed by atoms with Gasteiger partial charge < -0.3 is 94.0 Å². The minimum absolute atomic E-state index is 0. The number of hydrogen-bond acceptors (Lipinski definition) is 34. The van der Waals surface area contributed by atoms with Crippen LogP contribution in [0, 0.1) is 0 Å². The molecule has 0 saturated carbocycles. The molecule has 0 spiro atoms. The molecule has 9 aromatic rings. The van der Waals surface area contributed by atoms with Gasteiger partial charge in [0.2, 0.25) is 27.7 Å². The van der Waals surface area contributed by atoms with Crippen LogP contribution in [0.1, 0.15) is 112 Å². The number of aromatic hydroxyl groups is 1. The van der Waals surface area contributed by atoms with Crippen molar-refractivity contribution in [2.75, 3.05) is 183 Å². The van der Waals surface area contributed by atoms with Crippen LogP contribution >= 0.6 is 34.8 Å². The molecule has 0 unspecified atom stereocenters. The number of fused-ring (bicyclic) bond motifs is 5. The zero-order chi connectivity index (χ0) is 86.1. The van der Waals surface area contributed by atoms with Gasteiger partial charge in [0.1, 0.15) is 40.4 Å². The molecule has 41 nitrogen and oxygen atoms in total. The maximum absolute atomic E-state index is 12.9. The van der Waals surface area contributed by atoms with Crippen LogP contribution in [0.25, 0.3) is 0 Å². The van der Waals surface area contributed by atoms with Crippen LogP contribution in [-0.2, 0) is 93.9 Å². The number of rotatable bonds is 12. The Morgan fingerprint density at radius 2 is 0.781 bits per heavy atom. The quantitative estimate of drug-likeness (QED) is 0.0244. The third-order valence-electron chi connectivity index (χ3n) is 20.8. The lowest BCUT2D eigenvalue weighted by molar-refractivity contribution is 0.0240. The number of anilines is 10. The van der Waals surface area contributed by atoms with Crippen LogP contribution in [-0.4, -0.2) is 257 Å². The third kappa shape index (κ3) is 25.0. The van der Waals surface area contributed by atoms with Gasteiger partial charge in [-0.2, -0.15) is 15.1 Å². The minimum Gasteiger partial charge on any atom is -0.508 e. The highest BCUT2D eigenvalue weighted by atomic mass is 35.5. The van der Waals surface area contributed by atoms with Crippen molar-refractivity contribution in [2.24, 2.45) is 10.9 Å². The minimum atomic E-state index is -0.526. The highest BCUT2D eigenvalue weighted by Gasteiger charge is 2.37. The smallest absolute Gasteiger partial charge is 0.410 e. The van der Waals surface area contributed by atoms with Gasteiger partial charge in [-0.1, -0.05) is 41.8 Å². The second-order valence-corrected chi connectivity index (χ2v) is 31.5. The number of hydrogen-bond donors (Lipinski definition) is 8. The van der Waals surface area contributed by atoms with E-state index in [1.807, 2.05) is 26.8 Å². The molecular formula is C84H111Cl3N30O11. The van der Waals surface area contributed by atoms with Crippen molar-refractivity contribution in [3.63, 3.8) is 0 Å². The highest BCUT2D eigenvalue weighted by molar-refractivity contribution is 6.29. The Bertz CT molecular complexity index is 5250. The largest absolute Gasteiger partial charge is 0.508 e. The zero-order valence-corrected chi connectivity index (χ0v) is 70.8. The Kier molecular flexibility index (Phi) is 34.3. The number of ether oxygens (including phenoxy) is 6. The maximum atomic E-state index is 12.9. The lowest BCUT2D eigenvalue weighted by Gasteiger charge is -2.29. The highest BCUT2D eigenvalue weighted by Crippen LogP contribution is 2.37. The average molecular weight is 1820 g/mol. The number of aromatic nitrogens is 13. The van der Waals surface area contributed by atoms with E-state index in [0.29, 0.717) is 153 Å². The first-order valence-electron chi connectivity index (χ1n) is 40.5. The van der Waals surface area contributed by atoms with Crippen molar-refractivity contribution in [2.45, 2.75) is 122 Å². The number of hydrazone groups is 1. The van der Waals surface area contributed by atoms with Crippen LogP contribution in [0.4, 0.5) is 77.2 Å². The number of phenols is 1. The van der Waals surface area contributed by atoms with E-state index in [4.69, 9.17) is 74.1 Å². The summed E-state index contributed by atoms with van der Waals surface area (Å²) in [5, 5.41) is 26.4. The molecule has 128 heavy (non-hydrogen) atoms. The number of hydrazine groups is 1. The molecule has 0 bridgehead atoms. The summed E-state index contributed by atoms with van der Waals surface area (Å²) in [6.07, 6.45) is 11.0. The Hall–Kier alpha value is -12.2. The summed E-state index contributed by atoms with van der Waals surface area (Å²) in [5.74, 6) is 10.5. The summed E-state index contributed by atoms with van der Waals surface area (Å²) in [6.45, 7) is 24.8. The second-order valence-electron chi connectivity index (χ2n) is 30.4. The molecule has 44 heteroatoms. The standard InChI is InChI=1S/C23H24N8O3.C16H17ClN6O2.C16H20N8O2.C15H21ClN4O3.C10H13ClN4O.4CH4/c32-18-5-1-3-16(11-18)12-25-29-22-27-20-15-31(23(33)26-17-4-2-6-24-13-17)14-19(20)21(28-22)30-7-9-34-10-8-30;17-15-20-13-10-23(16(24)19-11-2-1-3-18-8-11)9-12(13)14(21-15)22-4-6-25-7-5-22;17-22-15-20-13-10-24(16(25)19-11-2-1-3-18-8-11)9-12(13)14(21-15)23-4-6-26-7-5-23;1-15(2,3)23-14(21)20-8-10-11(9-20)17-13(16)18-12(10)19-4-6-22-7-5-19;11-10-13-8-6-12-5-7(8)9(14-10)15-1-3-16-4-2-15;;;;/h1-6,11-13,32H,7-10,14-15H2,(H,26,33)(H,27,28,29);1-3,8H,4-7,9-10H2,(H,19,24);1-3,8H,4-7,9-10,17H2,(H,19,25)(H,20,21,22);4-9H2,1-3H3;12H,1-6H2;4*1H4/b25-12+;;;;;;;;. The molecule has 0 aliphatic carbocycles. The molecule has 10 aliphatic rings. The van der Waals surface area contributed by atoms with E-state index < -0.39 is 5.60 Å². The molecule has 19 rings (SSSR count). The topological polar surface area (TPSA) is 451 Å². The van der Waals surface area contributed by atoms with Gasteiger partial charge in [-0.25, -0.2) is 70.3 Å². The van der Waals surface area contributed by atoms with E-state index >= 15 is 0 Å². The lowest BCUT2D eigenvalue weighted by atomic mass is 10.2. The van der Waals surface area contributed by atoms with Gasteiger partial charge in [0, 0.05) is 125 Å². The van der Waals surface area contributed by atoms with Crippen LogP contribution in [0.2, 0.25) is 15.9 Å². The van der Waals surface area contributed by atoms with E-state index in [1.54, 1.807) is 118 Å². The molecule has 0 radical (unpaired) electrons. The Balaban J connectivity index is 0.000000156. The number of pyridine rings is 3. The lowest BCUT2D eigenvalue weighted by Crippen LogP contribution is -2.38. The van der Waals surface area contributed by atoms with Gasteiger partial charge in [0.05, 0.1) is 189 Å². The third-order valence-corrected chi connectivity index (χ3v) is 21.3. The monoisotopic (exact) mass is 1820 g/mol. The number of halogens is 3. The van der Waals surface area contributed by atoms with Crippen LogP contribution < -0.4 is 62.5 Å². The molecule has 0 atom stereocenters. The molecule has 684 valence electrons. The van der Waals surface area contributed by atoms with Crippen molar-refractivity contribution < 1.29 is 52.7 Å². The first kappa shape index (κ1) is 96.4. The number of urea groups is 3. The van der Waals surface area contributed by atoms with E-state index in [2.05, 4.69) is 122 Å². The van der Waals surface area contributed by atoms with E-state index in [-0.39, 0.29) is 70.2 Å². The van der Waals surface area contributed by atoms with Gasteiger partial charge in [0.15, 0.2) is 0 Å². The molecule has 18 heterocycles. The van der Waals surface area contributed by atoms with Crippen LogP contribution in [0.5, 0.6) is 5.75 Å². The Morgan fingerprint density at radius 1 is 0.438 bits per heavy atom. The van der Waals surface area contributed by atoms with Gasteiger partial charge in [-0.05, 0) is 110 Å². The maximum Gasteiger partial charge on any atom is 0.410 e. The molecule has 9 N–H and O–H groups in total. The van der Waals surface area contributed by atoms with E-state index in [0.717, 1.165) is 164 Å². The van der Waals surface area contributed by atoms with E-state index in [9.17, 15) is 24.3 Å². The summed E-state index contributed by atoms with van der Waals surface area (Å²) in [6, 6.07) is 16.8. The number of nitrogens with two attached hydrogens (primary N) is 1. The van der Waals surface area contributed by atoms with Gasteiger partial charge >= 0.3 is 24.2 Å². The summed E-state index contributed by atoms with van der Waals surface area (Å²) in [5.41, 5.74) is 16.7. The summed E-state index contributed by atoms with van der Waals surface area (Å²) >= 11 is 18.1. The number of amides is 7. The first-order chi connectivity index (χ1) is 60.3. The fraction of sp³-hybridized carbons (Fsp3) is 0.452. The van der Waals surface area contributed by atoms with Gasteiger partial charge in [0.25, 0.3) is 0 Å². The number of nitrogens with zero attached hydrogens (tertiary/aromatic N) is 23. The molecule has 8 aromatic heterocycles. The fourth-order valence-corrected chi connectivity index (χ4v) is 15.4. The van der Waals surface area contributed by atoms with Crippen LogP contribution in [0.15, 0.2) is 103 Å². The second kappa shape index (κ2) is 45.5. The number of morpholine rings is 5. The van der Waals surface area contributed by atoms with Crippen molar-refractivity contribution in [3.05, 3.63) is 176 Å². The predicted octanol–water partition coefficient (Wildman–Crippen LogP) is 10.2. The number of phenolic OH excluding ortho intramolecular Hbond substituents is 1. The fourth-order valence-electron chi connectivity index (χ4n) is 14.9. The number of carbonyl (C=O) groups excluding carboxylic acids is 4. The number of nitrogen functional groups attached to an aromatic ring is 1. The summed E-state index contributed by atoms with van der Waals surface area (Å²) < 4.78 is 32.5. The molecule has 7 amide bonds. The Labute approximate surface area is 758 Å². The van der Waals surface area contributed by atoms with Crippen molar-refractivity contribution in [1.29, 1.82) is 0 Å². The van der Waals surface area contributed by atoms with Crippen LogP contribution in [0.3, 0.4) is 0 Å². The SMILES string of the molecule is C.C.C.C.CC(C)(C)OC(=O)N1Cc2nc(Cl)nc(N3CCOCC3)c2C1.Clc1nc2c(c(N3CCOCC3)n1)CNC2.NNc1nc2c(c(N3CCOCC3)n1)CN(C(=O)Nc1cccnc1)C2.O=C(Nc1cccnc1)N1Cc2nc(Cl)nc(N3CCOCC3)c2C1.O=C(Nc1cccnc1)N1Cc2nc(N/N=C/c3cccc(O)c3)nc(N3CCOCC3)c2C1. The molecule has 5 fully saturated rings. The predicted molar refractivity (Wildman–Crippen MR) is 488 cm³/mol.